The van der Waals surface area contributed by atoms with Crippen molar-refractivity contribution < 1.29 is 19.1 Å². The lowest BCUT2D eigenvalue weighted by molar-refractivity contribution is -0.121. The smallest absolute Gasteiger partial charge is 0.286 e. The van der Waals surface area contributed by atoms with Crippen LogP contribution in [0.1, 0.15) is 22.5 Å². The van der Waals surface area contributed by atoms with Gasteiger partial charge in [-0.2, -0.15) is 0 Å². The highest BCUT2D eigenvalue weighted by Crippen LogP contribution is 2.32. The van der Waals surface area contributed by atoms with Crippen LogP contribution in [0.3, 0.4) is 0 Å². The Morgan fingerprint density at radius 2 is 2.00 bits per heavy atom. The Kier molecular flexibility index (Phi) is 4.75. The molecule has 0 saturated carbocycles. The lowest BCUT2D eigenvalue weighted by Gasteiger charge is -2.08. The quantitative estimate of drug-likeness (QED) is 0.777. The minimum atomic E-state index is -0.375. The van der Waals surface area contributed by atoms with E-state index in [0.717, 1.165) is 10.0 Å². The Labute approximate surface area is 147 Å². The summed E-state index contributed by atoms with van der Waals surface area (Å²) in [4.78, 5) is 23.9. The molecule has 1 aliphatic heterocycles. The first-order valence-electron chi connectivity index (χ1n) is 7.32. The van der Waals surface area contributed by atoms with E-state index in [9.17, 15) is 9.59 Å². The Bertz CT molecular complexity index is 788. The largest absolute Gasteiger partial charge is 0.454 e. The Balaban J connectivity index is 1.47. The van der Waals surface area contributed by atoms with Crippen molar-refractivity contribution >= 4 is 27.7 Å². The van der Waals surface area contributed by atoms with Crippen molar-refractivity contribution in [2.75, 3.05) is 6.79 Å². The molecule has 2 aromatic rings. The summed E-state index contributed by atoms with van der Waals surface area (Å²) in [5, 5.41) is 0. The number of benzene rings is 1. The van der Waals surface area contributed by atoms with E-state index < -0.39 is 0 Å². The molecular weight excluding hydrogens is 378 g/mol. The van der Waals surface area contributed by atoms with Crippen LogP contribution >= 0.6 is 15.9 Å². The van der Waals surface area contributed by atoms with Crippen LogP contribution in [-0.4, -0.2) is 23.2 Å². The Hall–Kier alpha value is -2.48. The van der Waals surface area contributed by atoms with Gasteiger partial charge in [0.05, 0.1) is 0 Å². The van der Waals surface area contributed by atoms with E-state index >= 15 is 0 Å². The van der Waals surface area contributed by atoms with Crippen LogP contribution < -0.4 is 20.3 Å². The third kappa shape index (κ3) is 3.70. The number of hydrogen-bond acceptors (Lipinski definition) is 4. The fourth-order valence-electron chi connectivity index (χ4n) is 2.36. The van der Waals surface area contributed by atoms with E-state index in [1.165, 1.54) is 0 Å². The molecule has 0 radical (unpaired) electrons. The molecule has 2 heterocycles. The predicted molar refractivity (Wildman–Crippen MR) is 89.6 cm³/mol. The van der Waals surface area contributed by atoms with Gasteiger partial charge in [0.15, 0.2) is 11.5 Å². The molecule has 126 valence electrons. The van der Waals surface area contributed by atoms with Crippen molar-refractivity contribution in [3.05, 3.63) is 46.2 Å². The monoisotopic (exact) mass is 393 g/mol. The van der Waals surface area contributed by atoms with Gasteiger partial charge in [-0.05, 0) is 46.1 Å². The molecule has 0 aliphatic carbocycles. The van der Waals surface area contributed by atoms with E-state index in [1.54, 1.807) is 23.9 Å². The number of nitrogens with one attached hydrogen (secondary N) is 2. The lowest BCUT2D eigenvalue weighted by Crippen LogP contribution is -2.42. The molecule has 1 aromatic carbocycles. The highest BCUT2D eigenvalue weighted by Gasteiger charge is 2.14. The van der Waals surface area contributed by atoms with Gasteiger partial charge in [0.2, 0.25) is 12.7 Å². The molecule has 1 aliphatic rings. The molecule has 0 unspecified atom stereocenters. The fourth-order valence-corrected chi connectivity index (χ4v) is 2.88. The number of hydrogen-bond donors (Lipinski definition) is 2. The van der Waals surface area contributed by atoms with Crippen molar-refractivity contribution in [1.82, 2.24) is 15.4 Å². The average molecular weight is 394 g/mol. The second-order valence-corrected chi connectivity index (χ2v) is 6.26. The van der Waals surface area contributed by atoms with Gasteiger partial charge in [0.25, 0.3) is 5.91 Å². The van der Waals surface area contributed by atoms with Crippen LogP contribution in [0.4, 0.5) is 0 Å². The number of aromatic nitrogens is 1. The van der Waals surface area contributed by atoms with Gasteiger partial charge in [0, 0.05) is 24.1 Å². The molecule has 8 heteroatoms. The highest BCUT2D eigenvalue weighted by atomic mass is 79.9. The first-order chi connectivity index (χ1) is 11.5. The molecule has 0 spiro atoms. The molecule has 7 nitrogen and oxygen atoms in total. The average Bonchev–Trinajstić information content (AvgIpc) is 3.15. The maximum absolute atomic E-state index is 12.0. The van der Waals surface area contributed by atoms with Crippen molar-refractivity contribution in [1.29, 1.82) is 0 Å². The van der Waals surface area contributed by atoms with Crippen LogP contribution in [0, 0.1) is 0 Å². The summed E-state index contributed by atoms with van der Waals surface area (Å²) >= 11 is 3.30. The van der Waals surface area contributed by atoms with Crippen LogP contribution in [-0.2, 0) is 18.3 Å². The van der Waals surface area contributed by atoms with Gasteiger partial charge in [-0.25, -0.2) is 0 Å². The molecule has 0 fully saturated rings. The normalized spacial score (nSPS) is 12.1. The molecule has 0 atom stereocenters. The van der Waals surface area contributed by atoms with Gasteiger partial charge in [0.1, 0.15) is 5.69 Å². The zero-order chi connectivity index (χ0) is 17.1. The number of fused-ring (bicyclic) bond motifs is 1. The van der Waals surface area contributed by atoms with Gasteiger partial charge >= 0.3 is 0 Å². The van der Waals surface area contributed by atoms with Crippen molar-refractivity contribution in [3.63, 3.8) is 0 Å². The molecule has 3 rings (SSSR count). The third-order valence-corrected chi connectivity index (χ3v) is 4.03. The molecule has 0 bridgehead atoms. The number of aryl methyl sites for hydroxylation is 2. The minimum absolute atomic E-state index is 0.223. The van der Waals surface area contributed by atoms with Gasteiger partial charge < -0.3 is 14.0 Å². The lowest BCUT2D eigenvalue weighted by atomic mass is 10.1. The summed E-state index contributed by atoms with van der Waals surface area (Å²) in [6.45, 7) is 0.223. The summed E-state index contributed by atoms with van der Waals surface area (Å²) < 4.78 is 13.0. The standard InChI is InChI=1S/C16H16BrN3O4/c1-20-8-11(17)7-12(20)16(22)19-18-15(21)5-3-10-2-4-13-14(6-10)24-9-23-13/h2,4,6-8H,3,5,9H2,1H3,(H,18,21)(H,19,22). The van der Waals surface area contributed by atoms with E-state index in [2.05, 4.69) is 26.8 Å². The van der Waals surface area contributed by atoms with Crippen LogP contribution in [0.15, 0.2) is 34.9 Å². The summed E-state index contributed by atoms with van der Waals surface area (Å²) in [6, 6.07) is 7.25. The highest BCUT2D eigenvalue weighted by molar-refractivity contribution is 9.10. The van der Waals surface area contributed by atoms with Gasteiger partial charge in [-0.1, -0.05) is 6.07 Å². The van der Waals surface area contributed by atoms with Gasteiger partial charge in [-0.15, -0.1) is 0 Å². The number of rotatable bonds is 4. The van der Waals surface area contributed by atoms with Crippen molar-refractivity contribution in [2.45, 2.75) is 12.8 Å². The topological polar surface area (TPSA) is 81.6 Å². The number of ether oxygens (including phenoxy) is 2. The second kappa shape index (κ2) is 6.96. The number of carbonyl (C=O) groups is 2. The van der Waals surface area contributed by atoms with E-state index in [1.807, 2.05) is 18.2 Å². The van der Waals surface area contributed by atoms with Crippen LogP contribution in [0.25, 0.3) is 0 Å². The maximum atomic E-state index is 12.0. The fraction of sp³-hybridized carbons (Fsp3) is 0.250. The Morgan fingerprint density at radius 1 is 1.21 bits per heavy atom. The summed E-state index contributed by atoms with van der Waals surface area (Å²) in [5.41, 5.74) is 6.23. The molecule has 2 N–H and O–H groups in total. The SMILES string of the molecule is Cn1cc(Br)cc1C(=O)NNC(=O)CCc1ccc2c(c1)OCO2. The maximum Gasteiger partial charge on any atom is 0.286 e. The molecule has 0 saturated heterocycles. The molecule has 1 aromatic heterocycles. The second-order valence-electron chi connectivity index (χ2n) is 5.34. The predicted octanol–water partition coefficient (Wildman–Crippen LogP) is 1.91. The van der Waals surface area contributed by atoms with Gasteiger partial charge in [-0.3, -0.25) is 20.4 Å². The van der Waals surface area contributed by atoms with E-state index in [-0.39, 0.29) is 25.0 Å². The summed E-state index contributed by atoms with van der Waals surface area (Å²) in [7, 11) is 1.75. The first-order valence-corrected chi connectivity index (χ1v) is 8.12. The molecule has 2 amide bonds. The number of carbonyl (C=O) groups excluding carboxylic acids is 2. The van der Waals surface area contributed by atoms with Crippen LogP contribution in [0.5, 0.6) is 11.5 Å². The number of hydrazine groups is 1. The number of halogens is 1. The third-order valence-electron chi connectivity index (χ3n) is 3.60. The number of amides is 2. The van der Waals surface area contributed by atoms with Crippen molar-refractivity contribution in [3.8, 4) is 11.5 Å². The van der Waals surface area contributed by atoms with Crippen molar-refractivity contribution in [2.24, 2.45) is 7.05 Å². The van der Waals surface area contributed by atoms with Crippen LogP contribution in [0.2, 0.25) is 0 Å². The van der Waals surface area contributed by atoms with E-state index in [0.29, 0.717) is 23.6 Å². The minimum Gasteiger partial charge on any atom is -0.454 e. The summed E-state index contributed by atoms with van der Waals surface area (Å²) in [5.74, 6) is 0.758. The molecule has 24 heavy (non-hydrogen) atoms. The summed E-state index contributed by atoms with van der Waals surface area (Å²) in [6.07, 6.45) is 2.54. The zero-order valence-corrected chi connectivity index (χ0v) is 14.6. The zero-order valence-electron chi connectivity index (χ0n) is 13.0. The van der Waals surface area contributed by atoms with E-state index in [4.69, 9.17) is 9.47 Å². The Morgan fingerprint density at radius 3 is 2.75 bits per heavy atom. The first kappa shape index (κ1) is 16.4. The molecular formula is C16H16BrN3O4. The number of nitrogens with zero attached hydrogens (tertiary/aromatic N) is 1.